The van der Waals surface area contributed by atoms with Crippen molar-refractivity contribution in [2.45, 2.75) is 25.9 Å². The number of hydrogen-bond donors (Lipinski definition) is 1. The summed E-state index contributed by atoms with van der Waals surface area (Å²) in [6.07, 6.45) is 0.755. The van der Waals surface area contributed by atoms with Crippen molar-refractivity contribution in [2.24, 2.45) is 0 Å². The molecule has 0 saturated heterocycles. The summed E-state index contributed by atoms with van der Waals surface area (Å²) in [4.78, 5) is 26.9. The number of hydrogen-bond acceptors (Lipinski definition) is 7. The Kier molecular flexibility index (Phi) is 6.55. The molecule has 1 atom stereocenters. The number of methoxy groups -OCH3 is 3. The van der Waals surface area contributed by atoms with Gasteiger partial charge in [-0.15, -0.1) is 11.3 Å². The summed E-state index contributed by atoms with van der Waals surface area (Å²) in [7, 11) is 4.70. The Balaban J connectivity index is 1.44. The highest BCUT2D eigenvalue weighted by atomic mass is 32.1. The Labute approximate surface area is 196 Å². The molecule has 1 aliphatic rings. The van der Waals surface area contributed by atoms with Crippen LogP contribution in [0.25, 0.3) is 10.4 Å². The molecule has 0 spiro atoms. The van der Waals surface area contributed by atoms with E-state index in [1.165, 1.54) is 31.1 Å². The average Bonchev–Trinajstić information content (AvgIpc) is 3.28. The lowest BCUT2D eigenvalue weighted by atomic mass is 9.91. The van der Waals surface area contributed by atoms with E-state index in [0.717, 1.165) is 34.6 Å². The van der Waals surface area contributed by atoms with Crippen LogP contribution in [-0.4, -0.2) is 39.3 Å². The molecule has 0 bridgehead atoms. The summed E-state index contributed by atoms with van der Waals surface area (Å²) in [5, 5.41) is 2.74. The van der Waals surface area contributed by atoms with Crippen molar-refractivity contribution < 1.29 is 28.5 Å². The fourth-order valence-electron chi connectivity index (χ4n) is 3.77. The molecule has 3 aromatic rings. The van der Waals surface area contributed by atoms with Crippen LogP contribution in [0, 0.1) is 0 Å². The Morgan fingerprint density at radius 1 is 0.909 bits per heavy atom. The molecule has 1 aliphatic carbocycles. The zero-order valence-corrected chi connectivity index (χ0v) is 19.7. The second-order valence-corrected chi connectivity index (χ2v) is 8.65. The van der Waals surface area contributed by atoms with E-state index in [4.69, 9.17) is 18.9 Å². The molecule has 0 fully saturated rings. The summed E-state index contributed by atoms with van der Waals surface area (Å²) in [5.74, 6) is 0.912. The summed E-state index contributed by atoms with van der Waals surface area (Å²) >= 11 is 1.39. The predicted octanol–water partition coefficient (Wildman–Crippen LogP) is 4.72. The smallest absolute Gasteiger partial charge is 0.349 e. The molecule has 0 saturated carbocycles. The third-order valence-electron chi connectivity index (χ3n) is 5.54. The number of aryl methyl sites for hydroxylation is 2. The van der Waals surface area contributed by atoms with E-state index in [1.807, 2.05) is 24.3 Å². The van der Waals surface area contributed by atoms with Gasteiger partial charge in [-0.1, -0.05) is 0 Å². The van der Waals surface area contributed by atoms with Crippen LogP contribution in [0.15, 0.2) is 42.5 Å². The number of carbonyl (C=O) groups is 2. The van der Waals surface area contributed by atoms with Gasteiger partial charge in [-0.05, 0) is 72.9 Å². The van der Waals surface area contributed by atoms with Crippen molar-refractivity contribution in [2.75, 3.05) is 26.6 Å². The van der Waals surface area contributed by atoms with Crippen molar-refractivity contribution in [1.82, 2.24) is 0 Å². The number of anilines is 1. The summed E-state index contributed by atoms with van der Waals surface area (Å²) < 4.78 is 21.2. The third-order valence-corrected chi connectivity index (χ3v) is 6.73. The van der Waals surface area contributed by atoms with E-state index in [2.05, 4.69) is 5.32 Å². The highest BCUT2D eigenvalue weighted by Gasteiger charge is 2.25. The van der Waals surface area contributed by atoms with Gasteiger partial charge in [0.05, 0.1) is 21.3 Å². The van der Waals surface area contributed by atoms with Gasteiger partial charge < -0.3 is 24.3 Å². The first-order valence-electron chi connectivity index (χ1n) is 10.5. The third kappa shape index (κ3) is 4.66. The maximum Gasteiger partial charge on any atom is 0.349 e. The second-order valence-electron chi connectivity index (χ2n) is 7.59. The molecular formula is C25H25NO6S. The Bertz CT molecular complexity index is 1200. The van der Waals surface area contributed by atoms with Crippen LogP contribution in [0.2, 0.25) is 0 Å². The SMILES string of the molecule is COc1ccc2c(c1)CCc1cc(C(=O)OC(C)C(=O)Nc3ccc(OC)c(OC)c3)sc1-2. The number of ether oxygens (including phenoxy) is 4. The van der Waals surface area contributed by atoms with Crippen molar-refractivity contribution in [3.05, 3.63) is 58.5 Å². The fraction of sp³-hybridized carbons (Fsp3) is 0.280. The highest BCUT2D eigenvalue weighted by molar-refractivity contribution is 7.17. The van der Waals surface area contributed by atoms with Gasteiger partial charge in [0.2, 0.25) is 0 Å². The van der Waals surface area contributed by atoms with E-state index in [9.17, 15) is 9.59 Å². The molecule has 1 heterocycles. The first-order valence-corrected chi connectivity index (χ1v) is 11.3. The average molecular weight is 468 g/mol. The number of nitrogens with one attached hydrogen (secondary N) is 1. The van der Waals surface area contributed by atoms with Gasteiger partial charge in [0.25, 0.3) is 5.91 Å². The van der Waals surface area contributed by atoms with Crippen LogP contribution in [-0.2, 0) is 22.4 Å². The molecule has 8 heteroatoms. The van der Waals surface area contributed by atoms with E-state index in [0.29, 0.717) is 22.1 Å². The zero-order valence-electron chi connectivity index (χ0n) is 18.9. The highest BCUT2D eigenvalue weighted by Crippen LogP contribution is 2.41. The quantitative estimate of drug-likeness (QED) is 0.506. The molecule has 1 amide bonds. The van der Waals surface area contributed by atoms with Gasteiger partial charge in [0.15, 0.2) is 17.6 Å². The number of esters is 1. The normalized spacial score (nSPS) is 12.7. The number of rotatable bonds is 7. The van der Waals surface area contributed by atoms with Crippen LogP contribution in [0.5, 0.6) is 17.2 Å². The van der Waals surface area contributed by atoms with Crippen LogP contribution in [0.1, 0.15) is 27.7 Å². The molecule has 1 aromatic heterocycles. The van der Waals surface area contributed by atoms with E-state index < -0.39 is 18.0 Å². The monoisotopic (exact) mass is 467 g/mol. The number of amides is 1. The lowest BCUT2D eigenvalue weighted by molar-refractivity contribution is -0.123. The summed E-state index contributed by atoms with van der Waals surface area (Å²) in [6.45, 7) is 1.54. The molecule has 172 valence electrons. The number of thiophene rings is 1. The maximum absolute atomic E-state index is 12.8. The number of fused-ring (bicyclic) bond motifs is 3. The van der Waals surface area contributed by atoms with Crippen molar-refractivity contribution in [3.63, 3.8) is 0 Å². The summed E-state index contributed by atoms with van der Waals surface area (Å²) in [6, 6.07) is 12.9. The minimum absolute atomic E-state index is 0.436. The van der Waals surface area contributed by atoms with Gasteiger partial charge in [-0.3, -0.25) is 4.79 Å². The lowest BCUT2D eigenvalue weighted by Gasteiger charge is -2.16. The van der Waals surface area contributed by atoms with Crippen molar-refractivity contribution in [1.29, 1.82) is 0 Å². The minimum atomic E-state index is -0.971. The first-order chi connectivity index (χ1) is 15.9. The minimum Gasteiger partial charge on any atom is -0.497 e. The lowest BCUT2D eigenvalue weighted by Crippen LogP contribution is -2.29. The van der Waals surface area contributed by atoms with Crippen LogP contribution in [0.4, 0.5) is 5.69 Å². The van der Waals surface area contributed by atoms with Crippen LogP contribution in [0.3, 0.4) is 0 Å². The topological polar surface area (TPSA) is 83.1 Å². The Morgan fingerprint density at radius 3 is 2.39 bits per heavy atom. The van der Waals surface area contributed by atoms with E-state index >= 15 is 0 Å². The summed E-state index contributed by atoms with van der Waals surface area (Å²) in [5.41, 5.74) is 3.94. The first kappa shape index (κ1) is 22.7. The molecule has 1 N–H and O–H groups in total. The largest absolute Gasteiger partial charge is 0.497 e. The maximum atomic E-state index is 12.8. The second kappa shape index (κ2) is 9.54. The Morgan fingerprint density at radius 2 is 1.67 bits per heavy atom. The van der Waals surface area contributed by atoms with Crippen molar-refractivity contribution in [3.8, 4) is 27.7 Å². The molecule has 1 unspecified atom stereocenters. The fourth-order valence-corrected chi connectivity index (χ4v) is 4.92. The molecule has 7 nitrogen and oxygen atoms in total. The van der Waals surface area contributed by atoms with E-state index in [-0.39, 0.29) is 0 Å². The van der Waals surface area contributed by atoms with E-state index in [1.54, 1.807) is 32.2 Å². The van der Waals surface area contributed by atoms with Crippen molar-refractivity contribution >= 4 is 28.9 Å². The van der Waals surface area contributed by atoms with Crippen LogP contribution >= 0.6 is 11.3 Å². The Hall–Kier alpha value is -3.52. The molecule has 0 aliphatic heterocycles. The molecular weight excluding hydrogens is 442 g/mol. The van der Waals surface area contributed by atoms with Gasteiger partial charge in [0.1, 0.15) is 10.6 Å². The van der Waals surface area contributed by atoms with Gasteiger partial charge in [-0.25, -0.2) is 4.79 Å². The number of carbonyl (C=O) groups excluding carboxylic acids is 2. The standard InChI is InChI=1S/C25H25NO6S/c1-14(24(27)26-17-7-10-20(30-3)21(13-17)31-4)32-25(28)22-12-16-6-5-15-11-18(29-2)8-9-19(15)23(16)33-22/h7-14H,5-6H2,1-4H3,(H,26,27). The van der Waals surface area contributed by atoms with Crippen LogP contribution < -0.4 is 19.5 Å². The number of benzene rings is 2. The van der Waals surface area contributed by atoms with Gasteiger partial charge >= 0.3 is 5.97 Å². The molecule has 4 rings (SSSR count). The van der Waals surface area contributed by atoms with Gasteiger partial charge in [-0.2, -0.15) is 0 Å². The molecule has 2 aromatic carbocycles. The van der Waals surface area contributed by atoms with Gasteiger partial charge in [0, 0.05) is 16.6 Å². The molecule has 33 heavy (non-hydrogen) atoms. The zero-order chi connectivity index (χ0) is 23.5. The molecule has 0 radical (unpaired) electrons. The predicted molar refractivity (Wildman–Crippen MR) is 127 cm³/mol.